The molecule has 0 aromatic heterocycles. The van der Waals surface area contributed by atoms with Crippen LogP contribution in [0.5, 0.6) is 0 Å². The molecule has 2 aromatic carbocycles. The van der Waals surface area contributed by atoms with Gasteiger partial charge in [-0.15, -0.1) is 0 Å². The fourth-order valence-corrected chi connectivity index (χ4v) is 2.05. The first kappa shape index (κ1) is 15.7. The van der Waals surface area contributed by atoms with E-state index in [0.717, 1.165) is 13.8 Å². The second-order valence-electron chi connectivity index (χ2n) is 5.04. The molecule has 0 aliphatic carbocycles. The predicted molar refractivity (Wildman–Crippen MR) is 62.4 cm³/mol. The van der Waals surface area contributed by atoms with Crippen molar-refractivity contribution in [2.24, 2.45) is 0 Å². The van der Waals surface area contributed by atoms with E-state index in [1.54, 1.807) is 0 Å². The first-order valence-corrected chi connectivity index (χ1v) is 5.61. The van der Waals surface area contributed by atoms with Gasteiger partial charge in [0.15, 0.2) is 34.9 Å². The predicted octanol–water partition coefficient (Wildman–Crippen LogP) is 4.22. The molecule has 0 amide bonds. The van der Waals surface area contributed by atoms with Gasteiger partial charge in [-0.25, -0.2) is 36.0 Å². The summed E-state index contributed by atoms with van der Waals surface area (Å²) >= 11 is 0. The first-order chi connectivity index (χ1) is 9.50. The molecular weight excluding hydrogens is 300 g/mol. The van der Waals surface area contributed by atoms with Crippen molar-refractivity contribution in [3.63, 3.8) is 0 Å². The minimum absolute atomic E-state index is 1.08. The second kappa shape index (κ2) is 4.64. The molecule has 0 fully saturated rings. The topological polar surface area (TPSA) is 0 Å². The summed E-state index contributed by atoms with van der Waals surface area (Å²) < 4.78 is 95.2. The van der Waals surface area contributed by atoms with Gasteiger partial charge in [0.05, 0.1) is 10.8 Å². The van der Waals surface area contributed by atoms with Crippen molar-refractivity contribution in [2.75, 3.05) is 0 Å². The first-order valence-electron chi connectivity index (χ1n) is 5.61. The average molecular weight is 306 g/mol. The molecule has 111 valence electrons. The van der Waals surface area contributed by atoms with Crippen molar-refractivity contribution in [3.05, 3.63) is 46.3 Å². The maximum Gasteiger partial charge on any atom is 0.198 e. The van der Waals surface area contributed by atoms with Gasteiger partial charge in [0, 0.05) is 0 Å². The molecular formula is C13H6BF7-. The van der Waals surface area contributed by atoms with Crippen LogP contribution in [-0.2, 0) is 5.31 Å². The highest BCUT2D eigenvalue weighted by Crippen LogP contribution is 2.37. The van der Waals surface area contributed by atoms with Gasteiger partial charge in [-0.2, -0.15) is 0 Å². The summed E-state index contributed by atoms with van der Waals surface area (Å²) in [4.78, 5) is 0. The van der Waals surface area contributed by atoms with Crippen LogP contribution in [0.1, 0.15) is 19.4 Å². The van der Waals surface area contributed by atoms with Gasteiger partial charge in [0.2, 0.25) is 0 Å². The van der Waals surface area contributed by atoms with E-state index in [1.807, 2.05) is 0 Å². The van der Waals surface area contributed by atoms with Crippen molar-refractivity contribution in [1.82, 2.24) is 0 Å². The van der Waals surface area contributed by atoms with Gasteiger partial charge in [-0.05, 0) is 5.56 Å². The maximum absolute atomic E-state index is 14.2. The van der Waals surface area contributed by atoms with Gasteiger partial charge < -0.3 is 7.85 Å². The number of rotatable bonds is 1. The molecule has 0 nitrogen and oxygen atoms in total. The van der Waals surface area contributed by atoms with Crippen molar-refractivity contribution >= 4 is 18.6 Å². The monoisotopic (exact) mass is 306 g/mol. The van der Waals surface area contributed by atoms with E-state index < -0.39 is 62.4 Å². The Hall–Kier alpha value is -1.73. The number of hydrogen-bond acceptors (Lipinski definition) is 0. The molecule has 0 saturated carbocycles. The van der Waals surface area contributed by atoms with Crippen LogP contribution in [0, 0.1) is 40.7 Å². The van der Waals surface area contributed by atoms with E-state index in [2.05, 4.69) is 0 Å². The lowest BCUT2D eigenvalue weighted by molar-refractivity contribution is 0.409. The van der Waals surface area contributed by atoms with Gasteiger partial charge in [-0.1, -0.05) is 13.8 Å². The molecule has 21 heavy (non-hydrogen) atoms. The molecule has 0 aliphatic heterocycles. The van der Waals surface area contributed by atoms with Gasteiger partial charge in [-0.3, -0.25) is 0 Å². The Balaban J connectivity index is 3.19. The largest absolute Gasteiger partial charge is 0.611 e. The zero-order valence-corrected chi connectivity index (χ0v) is 10.7. The zero-order valence-electron chi connectivity index (χ0n) is 10.7. The fraction of sp³-hybridized carbons (Fsp3) is 0.231. The van der Waals surface area contributed by atoms with E-state index in [-0.39, 0.29) is 0 Å². The van der Waals surface area contributed by atoms with Crippen LogP contribution in [0.4, 0.5) is 30.7 Å². The van der Waals surface area contributed by atoms with Crippen LogP contribution in [0.15, 0.2) is 0 Å². The lowest BCUT2D eigenvalue weighted by Crippen LogP contribution is -2.23. The van der Waals surface area contributed by atoms with Crippen molar-refractivity contribution in [2.45, 2.75) is 19.2 Å². The maximum atomic E-state index is 14.2. The lowest BCUT2D eigenvalue weighted by atomic mass is 9.66. The summed E-state index contributed by atoms with van der Waals surface area (Å²) in [5.41, 5.74) is -1.10. The molecule has 2 rings (SSSR count). The highest BCUT2D eigenvalue weighted by atomic mass is 19.2. The summed E-state index contributed by atoms with van der Waals surface area (Å²) in [5, 5.41) is -4.98. The molecule has 2 aromatic rings. The Bertz CT molecular complexity index is 762. The smallest absolute Gasteiger partial charge is 0.198 e. The third kappa shape index (κ3) is 2.08. The minimum atomic E-state index is -2.36. The molecule has 0 saturated heterocycles. The third-order valence-electron chi connectivity index (χ3n) is 2.98. The Morgan fingerprint density at radius 2 is 0.905 bits per heavy atom. The SMILES string of the molecule is [B-]C(C)(C)c1c(F)c(F)c2c(F)c(F)c(F)c(F)c2c1F. The van der Waals surface area contributed by atoms with Crippen LogP contribution in [0.2, 0.25) is 0 Å². The normalized spacial score (nSPS) is 12.3. The van der Waals surface area contributed by atoms with Crippen LogP contribution in [0.3, 0.4) is 0 Å². The summed E-state index contributed by atoms with van der Waals surface area (Å²) in [6, 6.07) is 0. The van der Waals surface area contributed by atoms with Crippen LogP contribution >= 0.6 is 0 Å². The molecule has 0 bridgehead atoms. The van der Waals surface area contributed by atoms with Crippen molar-refractivity contribution in [1.29, 1.82) is 0 Å². The second-order valence-corrected chi connectivity index (χ2v) is 5.04. The number of fused-ring (bicyclic) bond motifs is 1. The molecule has 8 heteroatoms. The highest BCUT2D eigenvalue weighted by molar-refractivity contribution is 6.15. The van der Waals surface area contributed by atoms with E-state index in [9.17, 15) is 30.7 Å². The third-order valence-corrected chi connectivity index (χ3v) is 2.98. The Morgan fingerprint density at radius 1 is 0.571 bits per heavy atom. The quantitative estimate of drug-likeness (QED) is 0.320. The molecule has 0 spiro atoms. The molecule has 0 heterocycles. The van der Waals surface area contributed by atoms with Crippen LogP contribution < -0.4 is 0 Å². The van der Waals surface area contributed by atoms with E-state index in [0.29, 0.717) is 0 Å². The zero-order chi connectivity index (χ0) is 16.3. The molecule has 0 aliphatic rings. The Labute approximate surface area is 116 Å². The summed E-state index contributed by atoms with van der Waals surface area (Å²) in [5.74, 6) is -14.8. The standard InChI is InChI=1S/C13H6BF7/c1-13(2,14)5-6(15)3-4(7(16)10(5)19)9(18)12(21)11(20)8(3)17/h1-2H3/q-1. The van der Waals surface area contributed by atoms with E-state index in [1.165, 1.54) is 0 Å². The van der Waals surface area contributed by atoms with Crippen molar-refractivity contribution in [3.8, 4) is 0 Å². The van der Waals surface area contributed by atoms with E-state index >= 15 is 0 Å². The van der Waals surface area contributed by atoms with Crippen LogP contribution in [0.25, 0.3) is 10.8 Å². The number of halogens is 7. The van der Waals surface area contributed by atoms with E-state index in [4.69, 9.17) is 7.85 Å². The Kier molecular flexibility index (Phi) is 3.46. The summed E-state index contributed by atoms with van der Waals surface area (Å²) in [6.07, 6.45) is 0. The molecule has 3 radical (unpaired) electrons. The number of benzene rings is 2. The summed E-state index contributed by atoms with van der Waals surface area (Å²) in [7, 11) is 5.44. The van der Waals surface area contributed by atoms with Gasteiger partial charge in [0.1, 0.15) is 5.82 Å². The lowest BCUT2D eigenvalue weighted by Gasteiger charge is -2.36. The van der Waals surface area contributed by atoms with Crippen LogP contribution in [-0.4, -0.2) is 7.85 Å². The van der Waals surface area contributed by atoms with Gasteiger partial charge >= 0.3 is 0 Å². The highest BCUT2D eigenvalue weighted by Gasteiger charge is 2.31. The fourth-order valence-electron chi connectivity index (χ4n) is 2.05. The minimum Gasteiger partial charge on any atom is -0.611 e. The molecule has 0 unspecified atom stereocenters. The van der Waals surface area contributed by atoms with Crippen molar-refractivity contribution < 1.29 is 30.7 Å². The average Bonchev–Trinajstić information content (AvgIpc) is 2.36. The number of hydrogen-bond donors (Lipinski definition) is 0. The molecule has 0 N–H and O–H groups in total. The molecule has 0 atom stereocenters. The van der Waals surface area contributed by atoms with Gasteiger partial charge in [0.25, 0.3) is 0 Å². The summed E-state index contributed by atoms with van der Waals surface area (Å²) in [6.45, 7) is 2.15. The Morgan fingerprint density at radius 3 is 1.29 bits per heavy atom.